The molecule has 3 aromatic rings. The Balaban J connectivity index is 1.50. The average Bonchev–Trinajstić information content (AvgIpc) is 2.98. The average molecular weight is 641 g/mol. The fourth-order valence-electron chi connectivity index (χ4n) is 5.31. The molecule has 14 nitrogen and oxygen atoms in total. The van der Waals surface area contributed by atoms with Gasteiger partial charge in [-0.1, -0.05) is 6.07 Å². The number of hydrogen-bond acceptors (Lipinski definition) is 14. The maximum absolute atomic E-state index is 13.6. The van der Waals surface area contributed by atoms with E-state index in [1.807, 2.05) is 0 Å². The highest BCUT2D eigenvalue weighted by atomic mass is 16.7. The zero-order valence-corrected chi connectivity index (χ0v) is 25.7. The van der Waals surface area contributed by atoms with Crippen molar-refractivity contribution in [3.05, 3.63) is 52.4 Å². The molecule has 5 rings (SSSR count). The van der Waals surface area contributed by atoms with E-state index in [2.05, 4.69) is 0 Å². The molecule has 0 unspecified atom stereocenters. The Hall–Kier alpha value is -5.11. The summed E-state index contributed by atoms with van der Waals surface area (Å²) in [5, 5.41) is 0.254. The van der Waals surface area contributed by atoms with E-state index in [0.717, 1.165) is 20.8 Å². The third-order valence-corrected chi connectivity index (χ3v) is 7.07. The lowest BCUT2D eigenvalue weighted by atomic mass is 9.98. The van der Waals surface area contributed by atoms with Gasteiger partial charge in [0, 0.05) is 33.8 Å². The lowest BCUT2D eigenvalue weighted by Gasteiger charge is -2.43. The summed E-state index contributed by atoms with van der Waals surface area (Å²) in [6.45, 7) is 6.62. The van der Waals surface area contributed by atoms with Crippen molar-refractivity contribution in [3.8, 4) is 28.4 Å². The van der Waals surface area contributed by atoms with E-state index in [4.69, 9.17) is 42.3 Å². The van der Waals surface area contributed by atoms with Crippen LogP contribution in [0.3, 0.4) is 0 Å². The lowest BCUT2D eigenvalue weighted by molar-refractivity contribution is -0.288. The summed E-state index contributed by atoms with van der Waals surface area (Å²) in [6.07, 6.45) is -6.81. The number of fused-ring (bicyclic) bond motifs is 2. The normalized spacial score (nSPS) is 22.0. The Bertz CT molecular complexity index is 1730. The highest BCUT2D eigenvalue weighted by molar-refractivity contribution is 5.84. The highest BCUT2D eigenvalue weighted by Gasteiger charge is 2.53. The van der Waals surface area contributed by atoms with Crippen molar-refractivity contribution in [2.75, 3.05) is 19.8 Å². The third kappa shape index (κ3) is 7.07. The number of hydrogen-bond donors (Lipinski definition) is 0. The van der Waals surface area contributed by atoms with Crippen LogP contribution in [0.5, 0.6) is 17.2 Å². The molecule has 2 aromatic carbocycles. The van der Waals surface area contributed by atoms with E-state index in [0.29, 0.717) is 41.6 Å². The van der Waals surface area contributed by atoms with Gasteiger partial charge in [0.25, 0.3) is 0 Å². The fraction of sp³-hybridized carbons (Fsp3) is 0.406. The van der Waals surface area contributed by atoms with Crippen molar-refractivity contribution in [2.24, 2.45) is 0 Å². The van der Waals surface area contributed by atoms with E-state index in [-0.39, 0.29) is 22.1 Å². The number of benzene rings is 2. The molecule has 0 radical (unpaired) electrons. The summed E-state index contributed by atoms with van der Waals surface area (Å²) in [5.74, 6) is -1.38. The number of carbonyl (C=O) groups is 4. The molecule has 14 heteroatoms. The quantitative estimate of drug-likeness (QED) is 0.260. The van der Waals surface area contributed by atoms with Crippen molar-refractivity contribution < 1.29 is 61.5 Å². The Morgan fingerprint density at radius 1 is 0.783 bits per heavy atom. The van der Waals surface area contributed by atoms with Crippen molar-refractivity contribution in [1.29, 1.82) is 0 Å². The van der Waals surface area contributed by atoms with Gasteiger partial charge in [0.2, 0.25) is 17.8 Å². The minimum absolute atomic E-state index is 0.128. The van der Waals surface area contributed by atoms with Gasteiger partial charge in [-0.05, 0) is 36.8 Å². The van der Waals surface area contributed by atoms with Crippen LogP contribution in [0, 0.1) is 6.92 Å². The van der Waals surface area contributed by atoms with E-state index >= 15 is 0 Å². The van der Waals surface area contributed by atoms with Crippen LogP contribution in [-0.2, 0) is 42.9 Å². The predicted octanol–water partition coefficient (Wildman–Crippen LogP) is 3.00. The van der Waals surface area contributed by atoms with Crippen molar-refractivity contribution >= 4 is 34.8 Å². The van der Waals surface area contributed by atoms with E-state index in [9.17, 15) is 24.0 Å². The van der Waals surface area contributed by atoms with Crippen LogP contribution in [-0.4, -0.2) is 74.4 Å². The molecular formula is C32H32O14. The molecule has 1 fully saturated rings. The van der Waals surface area contributed by atoms with Gasteiger partial charge in [-0.3, -0.25) is 24.0 Å². The maximum atomic E-state index is 13.6. The second kappa shape index (κ2) is 13.5. The van der Waals surface area contributed by atoms with Gasteiger partial charge in [0.15, 0.2) is 23.7 Å². The summed E-state index contributed by atoms with van der Waals surface area (Å²) >= 11 is 0. The Labute approximate surface area is 262 Å². The molecule has 3 heterocycles. The molecule has 0 aliphatic carbocycles. The Kier molecular flexibility index (Phi) is 9.46. The molecule has 1 aromatic heterocycles. The Morgan fingerprint density at radius 2 is 1.43 bits per heavy atom. The number of ether oxygens (including phenoxy) is 8. The first-order valence-electron chi connectivity index (χ1n) is 14.4. The minimum Gasteiger partial charge on any atom is -0.486 e. The lowest BCUT2D eigenvalue weighted by Crippen LogP contribution is -2.63. The smallest absolute Gasteiger partial charge is 0.303 e. The third-order valence-electron chi connectivity index (χ3n) is 7.07. The molecule has 46 heavy (non-hydrogen) atoms. The molecule has 2 aliphatic heterocycles. The molecule has 5 atom stereocenters. The second-order valence-electron chi connectivity index (χ2n) is 10.6. The fourth-order valence-corrected chi connectivity index (χ4v) is 5.31. The number of esters is 4. The number of carbonyl (C=O) groups excluding carboxylic acids is 4. The summed E-state index contributed by atoms with van der Waals surface area (Å²) in [7, 11) is 0. The van der Waals surface area contributed by atoms with Gasteiger partial charge in [0.1, 0.15) is 43.0 Å². The zero-order chi connectivity index (χ0) is 33.1. The van der Waals surface area contributed by atoms with Gasteiger partial charge < -0.3 is 42.3 Å². The number of aryl methyl sites for hydroxylation is 1. The van der Waals surface area contributed by atoms with Crippen LogP contribution in [0.25, 0.3) is 22.1 Å². The second-order valence-corrected chi connectivity index (χ2v) is 10.6. The molecule has 0 N–H and O–H groups in total. The zero-order valence-electron chi connectivity index (χ0n) is 25.7. The summed E-state index contributed by atoms with van der Waals surface area (Å²) < 4.78 is 50.7. The molecule has 2 aliphatic rings. The van der Waals surface area contributed by atoms with Gasteiger partial charge in [-0.2, -0.15) is 0 Å². The first-order valence-corrected chi connectivity index (χ1v) is 14.4. The predicted molar refractivity (Wildman–Crippen MR) is 156 cm³/mol. The molecule has 0 amide bonds. The first-order chi connectivity index (χ1) is 21.9. The minimum atomic E-state index is -1.46. The largest absolute Gasteiger partial charge is 0.486 e. The van der Waals surface area contributed by atoms with E-state index < -0.39 is 61.2 Å². The van der Waals surface area contributed by atoms with Gasteiger partial charge >= 0.3 is 23.9 Å². The van der Waals surface area contributed by atoms with E-state index in [1.165, 1.54) is 25.1 Å². The highest BCUT2D eigenvalue weighted by Crippen LogP contribution is 2.36. The van der Waals surface area contributed by atoms with E-state index in [1.54, 1.807) is 25.1 Å². The molecule has 244 valence electrons. The summed E-state index contributed by atoms with van der Waals surface area (Å²) in [6, 6.07) is 9.64. The van der Waals surface area contributed by atoms with Crippen molar-refractivity contribution in [3.63, 3.8) is 0 Å². The molecule has 1 saturated heterocycles. The molecule has 0 saturated carbocycles. The maximum Gasteiger partial charge on any atom is 0.303 e. The Morgan fingerprint density at radius 3 is 2.11 bits per heavy atom. The van der Waals surface area contributed by atoms with Crippen LogP contribution >= 0.6 is 0 Å². The van der Waals surface area contributed by atoms with Crippen molar-refractivity contribution in [2.45, 2.75) is 65.3 Å². The number of rotatable bonds is 8. The molecule has 0 spiro atoms. The first kappa shape index (κ1) is 32.3. The summed E-state index contributed by atoms with van der Waals surface area (Å²) in [5.41, 5.74) is 0.828. The van der Waals surface area contributed by atoms with Crippen molar-refractivity contribution in [1.82, 2.24) is 0 Å². The van der Waals surface area contributed by atoms with Gasteiger partial charge in [0.05, 0.1) is 10.9 Å². The molecule has 0 bridgehead atoms. The van der Waals surface area contributed by atoms with Gasteiger partial charge in [-0.15, -0.1) is 0 Å². The topological polar surface area (TPSA) is 172 Å². The standard InChI is InChI=1S/C32H32O14/c1-15-27(20-6-9-23-25(12-20)39-11-10-38-23)28(37)22-8-7-21(13-24(22)41-15)45-32-31(44-19(5)36)30(43-18(4)35)29(42-17(3)34)26(46-32)14-40-16(2)33/h6-9,12-13,26,29-32H,10-11,14H2,1-5H3/t26-,29-,30-,31+,32-/m0/s1. The van der Waals surface area contributed by atoms with Crippen LogP contribution < -0.4 is 19.6 Å². The van der Waals surface area contributed by atoms with Crippen LogP contribution in [0.15, 0.2) is 45.6 Å². The van der Waals surface area contributed by atoms with Gasteiger partial charge in [-0.25, -0.2) is 0 Å². The monoisotopic (exact) mass is 640 g/mol. The van der Waals surface area contributed by atoms with Crippen LogP contribution in [0.1, 0.15) is 33.5 Å². The molecular weight excluding hydrogens is 608 g/mol. The van der Waals surface area contributed by atoms with Crippen LogP contribution in [0.4, 0.5) is 0 Å². The SMILES string of the molecule is CC(=O)OC[C@@H]1O[C@H](Oc2ccc3c(=O)c(-c4ccc5c(c4)OCCO5)c(C)oc3c2)[C@H](OC(C)=O)[C@@H](OC(C)=O)[C@H]1OC(C)=O. The summed E-state index contributed by atoms with van der Waals surface area (Å²) in [4.78, 5) is 61.4. The van der Waals surface area contributed by atoms with Crippen LogP contribution in [0.2, 0.25) is 0 Å².